The summed E-state index contributed by atoms with van der Waals surface area (Å²) < 4.78 is 26.0. The van der Waals surface area contributed by atoms with Crippen molar-refractivity contribution in [3.8, 4) is 0 Å². The maximum atomic E-state index is 13.0. The average Bonchev–Trinajstić information content (AvgIpc) is 2.73. The molecule has 2 unspecified atom stereocenters. The highest BCUT2D eigenvalue weighted by molar-refractivity contribution is 7.92. The van der Waals surface area contributed by atoms with E-state index in [1.807, 2.05) is 0 Å². The van der Waals surface area contributed by atoms with Crippen LogP contribution in [0.25, 0.3) is 0 Å². The van der Waals surface area contributed by atoms with Gasteiger partial charge in [-0.3, -0.25) is 0 Å². The molecule has 2 aliphatic carbocycles. The topological polar surface area (TPSA) is 46.2 Å². The van der Waals surface area contributed by atoms with Gasteiger partial charge in [-0.05, 0) is 44.1 Å². The van der Waals surface area contributed by atoms with Crippen LogP contribution in [0, 0.1) is 5.41 Å². The highest BCUT2D eigenvalue weighted by atomic mass is 32.2. The molecule has 118 valence electrons. The SMILES string of the molecule is CCCNC1C(S(=O)(=O)C2CCCCC2)CCC1(C)C. The van der Waals surface area contributed by atoms with Crippen LogP contribution in [0.15, 0.2) is 0 Å². The van der Waals surface area contributed by atoms with Gasteiger partial charge in [-0.2, -0.15) is 0 Å². The Morgan fingerprint density at radius 3 is 2.35 bits per heavy atom. The lowest BCUT2D eigenvalue weighted by Gasteiger charge is -2.34. The predicted octanol–water partition coefficient (Wildman–Crippen LogP) is 3.29. The van der Waals surface area contributed by atoms with Crippen LogP contribution in [-0.2, 0) is 9.84 Å². The number of sulfone groups is 1. The molecule has 0 bridgehead atoms. The minimum absolute atomic E-state index is 0.0684. The summed E-state index contributed by atoms with van der Waals surface area (Å²) in [6, 6.07) is 0.134. The summed E-state index contributed by atoms with van der Waals surface area (Å²) in [5, 5.41) is 3.31. The maximum absolute atomic E-state index is 13.0. The lowest BCUT2D eigenvalue weighted by atomic mass is 9.87. The van der Waals surface area contributed by atoms with E-state index < -0.39 is 9.84 Å². The van der Waals surface area contributed by atoms with E-state index in [-0.39, 0.29) is 22.0 Å². The fourth-order valence-electron chi connectivity index (χ4n) is 4.04. The zero-order valence-electron chi connectivity index (χ0n) is 13.3. The molecule has 2 rings (SSSR count). The van der Waals surface area contributed by atoms with Gasteiger partial charge in [-0.25, -0.2) is 8.42 Å². The van der Waals surface area contributed by atoms with Gasteiger partial charge in [-0.1, -0.05) is 40.0 Å². The molecule has 3 nitrogen and oxygen atoms in total. The molecule has 0 aromatic rings. The lowest BCUT2D eigenvalue weighted by molar-refractivity contribution is 0.284. The number of rotatable bonds is 5. The fraction of sp³-hybridized carbons (Fsp3) is 1.00. The molecule has 0 heterocycles. The highest BCUT2D eigenvalue weighted by Crippen LogP contribution is 2.43. The van der Waals surface area contributed by atoms with Crippen LogP contribution in [0.3, 0.4) is 0 Å². The van der Waals surface area contributed by atoms with Crippen molar-refractivity contribution in [3.05, 3.63) is 0 Å². The summed E-state index contributed by atoms with van der Waals surface area (Å²) in [4.78, 5) is 0. The molecule has 2 aliphatic rings. The minimum atomic E-state index is -2.97. The van der Waals surface area contributed by atoms with Crippen LogP contribution in [0.4, 0.5) is 0 Å². The smallest absolute Gasteiger partial charge is 0.157 e. The Bertz CT molecular complexity index is 410. The van der Waals surface area contributed by atoms with Gasteiger partial charge in [-0.15, -0.1) is 0 Å². The number of nitrogens with one attached hydrogen (secondary N) is 1. The second-order valence-corrected chi connectivity index (χ2v) is 9.80. The van der Waals surface area contributed by atoms with Crippen LogP contribution < -0.4 is 5.32 Å². The summed E-state index contributed by atoms with van der Waals surface area (Å²) >= 11 is 0. The van der Waals surface area contributed by atoms with Crippen molar-refractivity contribution in [2.45, 2.75) is 88.7 Å². The molecular formula is C16H31NO2S. The van der Waals surface area contributed by atoms with Gasteiger partial charge in [0.2, 0.25) is 0 Å². The van der Waals surface area contributed by atoms with Crippen molar-refractivity contribution in [1.82, 2.24) is 5.32 Å². The Balaban J connectivity index is 2.16. The second kappa shape index (κ2) is 6.35. The summed E-state index contributed by atoms with van der Waals surface area (Å²) in [5.74, 6) is 0. The molecule has 0 saturated heterocycles. The molecule has 20 heavy (non-hydrogen) atoms. The molecule has 2 atom stereocenters. The molecule has 0 aromatic heterocycles. The van der Waals surface area contributed by atoms with E-state index in [0.29, 0.717) is 0 Å². The number of hydrogen-bond acceptors (Lipinski definition) is 3. The van der Waals surface area contributed by atoms with E-state index in [1.165, 1.54) is 6.42 Å². The maximum Gasteiger partial charge on any atom is 0.157 e. The molecular weight excluding hydrogens is 270 g/mol. The van der Waals surface area contributed by atoms with Crippen molar-refractivity contribution >= 4 is 9.84 Å². The Kier molecular flexibility index (Phi) is 5.17. The second-order valence-electron chi connectivity index (χ2n) is 7.35. The van der Waals surface area contributed by atoms with E-state index in [4.69, 9.17) is 0 Å². The average molecular weight is 301 g/mol. The van der Waals surface area contributed by atoms with Crippen LogP contribution in [0.5, 0.6) is 0 Å². The molecule has 0 aromatic carbocycles. The molecule has 2 saturated carbocycles. The zero-order chi connectivity index (χ0) is 14.8. The van der Waals surface area contributed by atoms with Crippen LogP contribution in [0.2, 0.25) is 0 Å². The molecule has 1 N–H and O–H groups in total. The third-order valence-corrected chi connectivity index (χ3v) is 8.09. The van der Waals surface area contributed by atoms with E-state index in [9.17, 15) is 8.42 Å². The summed E-state index contributed by atoms with van der Waals surface area (Å²) in [7, 11) is -2.97. The summed E-state index contributed by atoms with van der Waals surface area (Å²) in [5.41, 5.74) is 0.0988. The third-order valence-electron chi connectivity index (χ3n) is 5.34. The summed E-state index contributed by atoms with van der Waals surface area (Å²) in [6.07, 6.45) is 8.08. The first kappa shape index (κ1) is 16.3. The van der Waals surface area contributed by atoms with Crippen LogP contribution in [0.1, 0.15) is 72.1 Å². The van der Waals surface area contributed by atoms with E-state index in [0.717, 1.165) is 51.5 Å². The van der Waals surface area contributed by atoms with Crippen molar-refractivity contribution in [2.75, 3.05) is 6.54 Å². The fourth-order valence-corrected chi connectivity index (χ4v) is 6.82. The van der Waals surface area contributed by atoms with Gasteiger partial charge < -0.3 is 5.32 Å². The summed E-state index contributed by atoms with van der Waals surface area (Å²) in [6.45, 7) is 7.50. The number of hydrogen-bond donors (Lipinski definition) is 1. The Labute approximate surface area is 124 Å². The van der Waals surface area contributed by atoms with Crippen molar-refractivity contribution in [2.24, 2.45) is 5.41 Å². The van der Waals surface area contributed by atoms with Crippen molar-refractivity contribution < 1.29 is 8.42 Å². The first-order chi connectivity index (χ1) is 9.39. The molecule has 2 fully saturated rings. The molecule has 4 heteroatoms. The monoisotopic (exact) mass is 301 g/mol. The van der Waals surface area contributed by atoms with Crippen molar-refractivity contribution in [3.63, 3.8) is 0 Å². The Hall–Kier alpha value is -0.0900. The van der Waals surface area contributed by atoms with E-state index in [1.54, 1.807) is 0 Å². The minimum Gasteiger partial charge on any atom is -0.312 e. The molecule has 0 radical (unpaired) electrons. The van der Waals surface area contributed by atoms with Crippen LogP contribution in [-0.4, -0.2) is 31.5 Å². The quantitative estimate of drug-likeness (QED) is 0.847. The first-order valence-corrected chi connectivity index (χ1v) is 9.96. The normalized spacial score (nSPS) is 31.6. The predicted molar refractivity (Wildman–Crippen MR) is 84.7 cm³/mol. The highest BCUT2D eigenvalue weighted by Gasteiger charge is 2.49. The van der Waals surface area contributed by atoms with Crippen molar-refractivity contribution in [1.29, 1.82) is 0 Å². The molecule has 0 aliphatic heterocycles. The first-order valence-electron chi connectivity index (χ1n) is 8.35. The molecule has 0 amide bonds. The Morgan fingerprint density at radius 2 is 1.75 bits per heavy atom. The lowest BCUT2D eigenvalue weighted by Crippen LogP contribution is -2.50. The standard InChI is InChI=1S/C16H31NO2S/c1-4-12-17-15-14(10-11-16(15,2)3)20(18,19)13-8-6-5-7-9-13/h13-15,17H,4-12H2,1-3H3. The zero-order valence-corrected chi connectivity index (χ0v) is 14.1. The van der Waals surface area contributed by atoms with Gasteiger partial charge in [0.25, 0.3) is 0 Å². The third kappa shape index (κ3) is 3.22. The van der Waals surface area contributed by atoms with Gasteiger partial charge in [0.05, 0.1) is 10.5 Å². The van der Waals surface area contributed by atoms with Crippen LogP contribution >= 0.6 is 0 Å². The van der Waals surface area contributed by atoms with Gasteiger partial charge in [0.15, 0.2) is 9.84 Å². The van der Waals surface area contributed by atoms with E-state index >= 15 is 0 Å². The van der Waals surface area contributed by atoms with Gasteiger partial charge in [0, 0.05) is 6.04 Å². The van der Waals surface area contributed by atoms with Gasteiger partial charge in [0.1, 0.15) is 0 Å². The Morgan fingerprint density at radius 1 is 1.10 bits per heavy atom. The largest absolute Gasteiger partial charge is 0.312 e. The van der Waals surface area contributed by atoms with Gasteiger partial charge >= 0.3 is 0 Å². The van der Waals surface area contributed by atoms with E-state index in [2.05, 4.69) is 26.1 Å². The molecule has 0 spiro atoms.